The van der Waals surface area contributed by atoms with E-state index in [0.29, 0.717) is 6.42 Å². The van der Waals surface area contributed by atoms with Crippen molar-refractivity contribution in [3.63, 3.8) is 0 Å². The Balaban J connectivity index is 2.23. The SMILES string of the molecule is N[C@H](CO)Cc1cccc(-c2cncnc2)c1. The van der Waals surface area contributed by atoms with Crippen LogP contribution in [-0.4, -0.2) is 27.7 Å². The lowest BCUT2D eigenvalue weighted by atomic mass is 10.0. The number of benzene rings is 1. The highest BCUT2D eigenvalue weighted by molar-refractivity contribution is 5.62. The van der Waals surface area contributed by atoms with Crippen LogP contribution < -0.4 is 5.73 Å². The third kappa shape index (κ3) is 3.09. The number of aliphatic hydroxyl groups is 1. The summed E-state index contributed by atoms with van der Waals surface area (Å²) in [5.41, 5.74) is 8.87. The maximum absolute atomic E-state index is 8.94. The van der Waals surface area contributed by atoms with Crippen molar-refractivity contribution >= 4 is 0 Å². The highest BCUT2D eigenvalue weighted by Gasteiger charge is 2.04. The smallest absolute Gasteiger partial charge is 0.115 e. The van der Waals surface area contributed by atoms with Gasteiger partial charge in [0.15, 0.2) is 0 Å². The third-order valence-electron chi connectivity index (χ3n) is 2.55. The van der Waals surface area contributed by atoms with Crippen molar-refractivity contribution in [3.05, 3.63) is 48.5 Å². The van der Waals surface area contributed by atoms with E-state index in [2.05, 4.69) is 9.97 Å². The number of hydrogen-bond donors (Lipinski definition) is 2. The summed E-state index contributed by atoms with van der Waals surface area (Å²) in [6, 6.07) is 7.82. The molecule has 0 saturated heterocycles. The maximum atomic E-state index is 8.94. The van der Waals surface area contributed by atoms with Crippen LogP contribution >= 0.6 is 0 Å². The predicted octanol–water partition coefficient (Wildman–Crippen LogP) is 1.01. The Labute approximate surface area is 100 Å². The first-order valence-corrected chi connectivity index (χ1v) is 5.50. The van der Waals surface area contributed by atoms with Crippen LogP contribution in [0.25, 0.3) is 11.1 Å². The van der Waals surface area contributed by atoms with Crippen molar-refractivity contribution in [1.29, 1.82) is 0 Å². The molecule has 2 rings (SSSR count). The number of nitrogens with two attached hydrogens (primary N) is 1. The Morgan fingerprint density at radius 3 is 2.65 bits per heavy atom. The topological polar surface area (TPSA) is 72.0 Å². The van der Waals surface area contributed by atoms with E-state index in [1.54, 1.807) is 12.4 Å². The Morgan fingerprint density at radius 2 is 1.94 bits per heavy atom. The van der Waals surface area contributed by atoms with Crippen LogP contribution in [0.3, 0.4) is 0 Å². The fourth-order valence-corrected chi connectivity index (χ4v) is 1.69. The van der Waals surface area contributed by atoms with Gasteiger partial charge in [0.25, 0.3) is 0 Å². The van der Waals surface area contributed by atoms with Crippen LogP contribution in [0.4, 0.5) is 0 Å². The minimum atomic E-state index is -0.211. The molecule has 0 aliphatic heterocycles. The molecule has 0 spiro atoms. The van der Waals surface area contributed by atoms with E-state index in [0.717, 1.165) is 16.7 Å². The van der Waals surface area contributed by atoms with E-state index in [1.165, 1.54) is 6.33 Å². The van der Waals surface area contributed by atoms with Crippen molar-refractivity contribution in [3.8, 4) is 11.1 Å². The van der Waals surface area contributed by atoms with Gasteiger partial charge in [0, 0.05) is 24.0 Å². The molecule has 1 atom stereocenters. The zero-order valence-corrected chi connectivity index (χ0v) is 9.45. The Kier molecular flexibility index (Phi) is 3.80. The normalized spacial score (nSPS) is 12.4. The molecule has 4 nitrogen and oxygen atoms in total. The van der Waals surface area contributed by atoms with Gasteiger partial charge in [-0.2, -0.15) is 0 Å². The molecule has 0 aliphatic rings. The van der Waals surface area contributed by atoms with Gasteiger partial charge in [-0.25, -0.2) is 9.97 Å². The predicted molar refractivity (Wildman–Crippen MR) is 66.2 cm³/mol. The first-order valence-electron chi connectivity index (χ1n) is 5.50. The van der Waals surface area contributed by atoms with Gasteiger partial charge >= 0.3 is 0 Å². The van der Waals surface area contributed by atoms with E-state index >= 15 is 0 Å². The molecule has 3 N–H and O–H groups in total. The van der Waals surface area contributed by atoms with Gasteiger partial charge in [-0.3, -0.25) is 0 Å². The molecule has 88 valence electrons. The minimum absolute atomic E-state index is 0.00131. The molecular weight excluding hydrogens is 214 g/mol. The molecule has 4 heteroatoms. The third-order valence-corrected chi connectivity index (χ3v) is 2.55. The first-order chi connectivity index (χ1) is 8.29. The standard InChI is InChI=1S/C13H15N3O/c14-13(8-17)5-10-2-1-3-11(4-10)12-6-15-9-16-7-12/h1-4,6-7,9,13,17H,5,8,14H2/t13-/m0/s1. The van der Waals surface area contributed by atoms with E-state index in [-0.39, 0.29) is 12.6 Å². The van der Waals surface area contributed by atoms with E-state index in [1.807, 2.05) is 24.3 Å². The van der Waals surface area contributed by atoms with Gasteiger partial charge in [-0.1, -0.05) is 24.3 Å². The first kappa shape index (κ1) is 11.7. The molecule has 0 fully saturated rings. The van der Waals surface area contributed by atoms with Gasteiger partial charge in [0.1, 0.15) is 6.33 Å². The highest BCUT2D eigenvalue weighted by Crippen LogP contribution is 2.18. The summed E-state index contributed by atoms with van der Waals surface area (Å²) in [5, 5.41) is 8.94. The summed E-state index contributed by atoms with van der Waals surface area (Å²) >= 11 is 0. The van der Waals surface area contributed by atoms with Crippen LogP contribution in [0.15, 0.2) is 43.0 Å². The molecule has 17 heavy (non-hydrogen) atoms. The van der Waals surface area contributed by atoms with Gasteiger partial charge in [0.2, 0.25) is 0 Å². The van der Waals surface area contributed by atoms with Crippen LogP contribution in [0.1, 0.15) is 5.56 Å². The Hall–Kier alpha value is -1.78. The fraction of sp³-hybridized carbons (Fsp3) is 0.231. The molecule has 2 aromatic rings. The summed E-state index contributed by atoms with van der Waals surface area (Å²) in [4.78, 5) is 7.98. The molecule has 0 unspecified atom stereocenters. The molecule has 0 radical (unpaired) electrons. The molecule has 1 aromatic carbocycles. The van der Waals surface area contributed by atoms with E-state index in [4.69, 9.17) is 10.8 Å². The lowest BCUT2D eigenvalue weighted by molar-refractivity contribution is 0.265. The minimum Gasteiger partial charge on any atom is -0.395 e. The van der Waals surface area contributed by atoms with Gasteiger partial charge in [0.05, 0.1) is 6.61 Å². The summed E-state index contributed by atoms with van der Waals surface area (Å²) < 4.78 is 0. The quantitative estimate of drug-likeness (QED) is 0.820. The lowest BCUT2D eigenvalue weighted by Gasteiger charge is -2.09. The number of aromatic nitrogens is 2. The van der Waals surface area contributed by atoms with Crippen LogP contribution in [0.5, 0.6) is 0 Å². The van der Waals surface area contributed by atoms with Crippen molar-refractivity contribution in [2.75, 3.05) is 6.61 Å². The summed E-state index contributed by atoms with van der Waals surface area (Å²) in [6.07, 6.45) is 5.73. The van der Waals surface area contributed by atoms with Crippen molar-refractivity contribution in [1.82, 2.24) is 9.97 Å². The van der Waals surface area contributed by atoms with Crippen LogP contribution in [0, 0.1) is 0 Å². The van der Waals surface area contributed by atoms with Gasteiger partial charge in [-0.05, 0) is 17.5 Å². The number of nitrogens with zero attached hydrogens (tertiary/aromatic N) is 2. The summed E-state index contributed by atoms with van der Waals surface area (Å²) in [6.45, 7) is -0.00131. The molecule has 0 aliphatic carbocycles. The average Bonchev–Trinajstić information content (AvgIpc) is 2.40. The molecule has 0 saturated carbocycles. The van der Waals surface area contributed by atoms with Crippen molar-refractivity contribution < 1.29 is 5.11 Å². The number of rotatable bonds is 4. The van der Waals surface area contributed by atoms with Crippen molar-refractivity contribution in [2.24, 2.45) is 5.73 Å². The Bertz CT molecular complexity index is 473. The second-order valence-electron chi connectivity index (χ2n) is 3.97. The van der Waals surface area contributed by atoms with Gasteiger partial charge < -0.3 is 10.8 Å². The summed E-state index contributed by atoms with van der Waals surface area (Å²) in [5.74, 6) is 0. The molecule has 0 bridgehead atoms. The van der Waals surface area contributed by atoms with Crippen molar-refractivity contribution in [2.45, 2.75) is 12.5 Å². The fourth-order valence-electron chi connectivity index (χ4n) is 1.69. The van der Waals surface area contributed by atoms with Gasteiger partial charge in [-0.15, -0.1) is 0 Å². The molecular formula is C13H15N3O. The van der Waals surface area contributed by atoms with Crippen LogP contribution in [0.2, 0.25) is 0 Å². The van der Waals surface area contributed by atoms with E-state index < -0.39 is 0 Å². The largest absolute Gasteiger partial charge is 0.395 e. The zero-order valence-electron chi connectivity index (χ0n) is 9.45. The second kappa shape index (κ2) is 5.52. The average molecular weight is 229 g/mol. The Morgan fingerprint density at radius 1 is 1.18 bits per heavy atom. The summed E-state index contributed by atoms with van der Waals surface area (Å²) in [7, 11) is 0. The highest BCUT2D eigenvalue weighted by atomic mass is 16.3. The maximum Gasteiger partial charge on any atom is 0.115 e. The monoisotopic (exact) mass is 229 g/mol. The second-order valence-corrected chi connectivity index (χ2v) is 3.97. The number of hydrogen-bond acceptors (Lipinski definition) is 4. The lowest BCUT2D eigenvalue weighted by Crippen LogP contribution is -2.26. The molecule has 1 aromatic heterocycles. The van der Waals surface area contributed by atoms with Crippen LogP contribution in [-0.2, 0) is 6.42 Å². The molecule has 0 amide bonds. The zero-order chi connectivity index (χ0) is 12.1. The number of aliphatic hydroxyl groups excluding tert-OH is 1. The molecule has 1 heterocycles. The van der Waals surface area contributed by atoms with E-state index in [9.17, 15) is 0 Å².